The summed E-state index contributed by atoms with van der Waals surface area (Å²) in [5, 5.41) is 12.3. The lowest BCUT2D eigenvalue weighted by Crippen LogP contribution is -2.41. The number of ether oxygens (including phenoxy) is 2. The Morgan fingerprint density at radius 3 is 2.54 bits per heavy atom. The van der Waals surface area contributed by atoms with Crippen LogP contribution in [0.5, 0.6) is 17.2 Å². The third-order valence-electron chi connectivity index (χ3n) is 9.91. The number of methoxy groups -OCH3 is 1. The van der Waals surface area contributed by atoms with E-state index in [2.05, 4.69) is 21.6 Å². The van der Waals surface area contributed by atoms with E-state index in [9.17, 15) is 9.90 Å². The summed E-state index contributed by atoms with van der Waals surface area (Å²) in [5.41, 5.74) is 10.4. The fourth-order valence-electron chi connectivity index (χ4n) is 8.15. The van der Waals surface area contributed by atoms with Crippen LogP contribution in [0.2, 0.25) is 0 Å². The molecule has 5 aliphatic rings. The fourth-order valence-corrected chi connectivity index (χ4v) is 8.15. The molecule has 3 aromatic rings. The van der Waals surface area contributed by atoms with E-state index in [0.29, 0.717) is 5.75 Å². The number of hydrogen-bond acceptors (Lipinski definition) is 4. The van der Waals surface area contributed by atoms with Gasteiger partial charge in [0.1, 0.15) is 30.3 Å². The number of benzene rings is 3. The number of fused-ring (bicyclic) bond motifs is 4. The van der Waals surface area contributed by atoms with Crippen molar-refractivity contribution in [3.63, 3.8) is 0 Å². The highest BCUT2D eigenvalue weighted by Gasteiger charge is 2.35. The molecule has 0 amide bonds. The van der Waals surface area contributed by atoms with Crippen LogP contribution in [0.4, 0.5) is 5.69 Å². The van der Waals surface area contributed by atoms with Gasteiger partial charge in [0.15, 0.2) is 0 Å². The van der Waals surface area contributed by atoms with Crippen molar-refractivity contribution in [3.8, 4) is 17.2 Å². The molecule has 0 fully saturated rings. The van der Waals surface area contributed by atoms with Gasteiger partial charge in [-0.2, -0.15) is 0 Å². The van der Waals surface area contributed by atoms with Gasteiger partial charge in [0.25, 0.3) is 0 Å². The van der Waals surface area contributed by atoms with Gasteiger partial charge in [-0.1, -0.05) is 0 Å². The molecule has 0 aromatic heterocycles. The van der Waals surface area contributed by atoms with Crippen LogP contribution in [0.3, 0.4) is 0 Å². The SMILES string of the molecule is COc1cc(C(=O)O)ccc1C1=c2cc3c4c(c2Oc2c1cc1c5c2CCCN5CCCC1)CCC[N+]=4CCCC3. The molecule has 210 valence electrons. The van der Waals surface area contributed by atoms with Crippen LogP contribution in [0.25, 0.3) is 5.57 Å². The number of aromatic carboxylic acids is 1. The van der Waals surface area contributed by atoms with Gasteiger partial charge in [0, 0.05) is 64.7 Å². The van der Waals surface area contributed by atoms with E-state index in [-0.39, 0.29) is 5.56 Å². The van der Waals surface area contributed by atoms with Gasteiger partial charge in [-0.3, -0.25) is 0 Å². The smallest absolute Gasteiger partial charge is 0.335 e. The lowest BCUT2D eigenvalue weighted by atomic mass is 9.84. The van der Waals surface area contributed by atoms with E-state index in [1.807, 2.05) is 6.07 Å². The van der Waals surface area contributed by atoms with Crippen LogP contribution in [0.1, 0.15) is 82.3 Å². The quantitative estimate of drug-likeness (QED) is 0.379. The van der Waals surface area contributed by atoms with Crippen molar-refractivity contribution in [2.75, 3.05) is 38.2 Å². The summed E-state index contributed by atoms with van der Waals surface area (Å²) in [4.78, 5) is 14.5. The first kappa shape index (κ1) is 25.0. The first-order valence-corrected chi connectivity index (χ1v) is 15.5. The molecule has 0 spiro atoms. The lowest BCUT2D eigenvalue weighted by molar-refractivity contribution is 0.0696. The highest BCUT2D eigenvalue weighted by Crippen LogP contribution is 2.49. The average molecular weight is 550 g/mol. The van der Waals surface area contributed by atoms with E-state index in [0.717, 1.165) is 98.1 Å². The topological polar surface area (TPSA) is 62.0 Å². The van der Waals surface area contributed by atoms with Crippen molar-refractivity contribution in [2.45, 2.75) is 64.2 Å². The monoisotopic (exact) mass is 549 g/mol. The van der Waals surface area contributed by atoms with Gasteiger partial charge in [0.05, 0.1) is 18.2 Å². The highest BCUT2D eigenvalue weighted by molar-refractivity contribution is 5.93. The zero-order valence-electron chi connectivity index (χ0n) is 23.9. The first-order valence-electron chi connectivity index (χ1n) is 15.5. The first-order chi connectivity index (χ1) is 20.1. The third kappa shape index (κ3) is 3.83. The van der Waals surface area contributed by atoms with E-state index in [1.54, 1.807) is 19.2 Å². The van der Waals surface area contributed by atoms with Crippen LogP contribution in [0, 0.1) is 0 Å². The number of carboxylic acids is 1. The van der Waals surface area contributed by atoms with Crippen LogP contribution in [-0.4, -0.2) is 44.4 Å². The van der Waals surface area contributed by atoms with Crippen LogP contribution < -0.4 is 29.5 Å². The molecule has 41 heavy (non-hydrogen) atoms. The zero-order chi connectivity index (χ0) is 27.7. The molecule has 0 radical (unpaired) electrons. The van der Waals surface area contributed by atoms with Crippen LogP contribution in [0.15, 0.2) is 30.3 Å². The van der Waals surface area contributed by atoms with Crippen molar-refractivity contribution >= 4 is 17.2 Å². The molecule has 6 nitrogen and oxygen atoms in total. The van der Waals surface area contributed by atoms with E-state index in [1.165, 1.54) is 59.0 Å². The molecule has 3 aromatic carbocycles. The Hall–Kier alpha value is -3.80. The molecule has 0 unspecified atom stereocenters. The molecule has 8 rings (SSSR count). The highest BCUT2D eigenvalue weighted by atomic mass is 16.5. The Bertz CT molecular complexity index is 1760. The lowest BCUT2D eigenvalue weighted by Gasteiger charge is -2.35. The molecule has 5 aliphatic heterocycles. The number of hydrogen-bond donors (Lipinski definition) is 1. The number of anilines is 1. The number of carboxylic acid groups (broad SMARTS) is 1. The van der Waals surface area contributed by atoms with Crippen molar-refractivity contribution in [3.05, 3.63) is 79.9 Å². The van der Waals surface area contributed by atoms with Crippen LogP contribution in [-0.2, 0) is 25.7 Å². The molecule has 0 aliphatic carbocycles. The second-order valence-electron chi connectivity index (χ2n) is 12.3. The maximum atomic E-state index is 11.9. The molecular formula is C35H37N2O4+. The molecule has 5 heterocycles. The second kappa shape index (κ2) is 9.64. The van der Waals surface area contributed by atoms with E-state index >= 15 is 0 Å². The molecule has 0 saturated carbocycles. The molecule has 0 bridgehead atoms. The summed E-state index contributed by atoms with van der Waals surface area (Å²) in [6.45, 7) is 4.46. The molecule has 6 heteroatoms. The number of aryl methyl sites for hydroxylation is 2. The zero-order valence-corrected chi connectivity index (χ0v) is 23.9. The number of nitrogens with zero attached hydrogens (tertiary/aromatic N) is 2. The normalized spacial score (nSPS) is 18.7. The van der Waals surface area contributed by atoms with Crippen LogP contribution >= 0.6 is 0 Å². The van der Waals surface area contributed by atoms with Gasteiger partial charge < -0.3 is 19.5 Å². The molecule has 0 atom stereocenters. The molecule has 0 saturated heterocycles. The van der Waals surface area contributed by atoms with Crippen molar-refractivity contribution < 1.29 is 19.4 Å². The van der Waals surface area contributed by atoms with Gasteiger partial charge in [-0.25, -0.2) is 9.37 Å². The minimum atomic E-state index is -0.947. The minimum absolute atomic E-state index is 0.235. The van der Waals surface area contributed by atoms with Crippen molar-refractivity contribution in [2.24, 2.45) is 0 Å². The maximum Gasteiger partial charge on any atom is 0.335 e. The average Bonchev–Trinajstić information content (AvgIpc) is 3.34. The standard InChI is InChI=1S/C35H36N2O4/c1-40-29-20-23(35(38)39)12-13-24(29)30-27-18-21-8-2-4-14-36-16-6-10-25(31(21)36)33(27)41-34-26-11-7-17-37-15-5-3-9-22(32(26)37)19-28(30)34/h12-13,18-20H,2-11,14-17H2,1H3/p+1. The summed E-state index contributed by atoms with van der Waals surface area (Å²) in [5.74, 6) is 1.65. The van der Waals surface area contributed by atoms with Gasteiger partial charge in [-0.05, 0) is 87.3 Å². The predicted molar refractivity (Wildman–Crippen MR) is 159 cm³/mol. The predicted octanol–water partition coefficient (Wildman–Crippen LogP) is 4.61. The third-order valence-corrected chi connectivity index (χ3v) is 9.91. The van der Waals surface area contributed by atoms with Crippen molar-refractivity contribution in [1.29, 1.82) is 0 Å². The Kier molecular flexibility index (Phi) is 5.87. The largest absolute Gasteiger partial charge is 0.496 e. The molecule has 1 N–H and O–H groups in total. The Morgan fingerprint density at radius 2 is 1.66 bits per heavy atom. The summed E-state index contributed by atoms with van der Waals surface area (Å²) in [6.07, 6.45) is 11.3. The van der Waals surface area contributed by atoms with E-state index in [4.69, 9.17) is 9.47 Å². The number of carbonyl (C=O) groups is 1. The van der Waals surface area contributed by atoms with Gasteiger partial charge >= 0.3 is 5.97 Å². The summed E-state index contributed by atoms with van der Waals surface area (Å²) in [7, 11) is 1.64. The Morgan fingerprint density at radius 1 is 0.854 bits per heavy atom. The van der Waals surface area contributed by atoms with E-state index < -0.39 is 5.97 Å². The van der Waals surface area contributed by atoms with Gasteiger partial charge in [0.2, 0.25) is 5.36 Å². The molecular weight excluding hydrogens is 512 g/mol. The number of rotatable bonds is 3. The second-order valence-corrected chi connectivity index (χ2v) is 12.3. The maximum absolute atomic E-state index is 11.9. The minimum Gasteiger partial charge on any atom is -0.496 e. The van der Waals surface area contributed by atoms with Gasteiger partial charge in [-0.15, -0.1) is 0 Å². The summed E-state index contributed by atoms with van der Waals surface area (Å²) in [6, 6.07) is 10.1. The Balaban J connectivity index is 1.51. The Labute approximate surface area is 240 Å². The fraction of sp³-hybridized carbons (Fsp3) is 0.429. The summed E-state index contributed by atoms with van der Waals surface area (Å²) < 4.78 is 15.7. The summed E-state index contributed by atoms with van der Waals surface area (Å²) >= 11 is 0. The van der Waals surface area contributed by atoms with Crippen molar-refractivity contribution in [1.82, 2.24) is 4.58 Å².